The molecule has 0 radical (unpaired) electrons. The number of aliphatic hydroxyl groups excluding tert-OH is 2. The third kappa shape index (κ3) is 2.64. The molecular weight excluding hydrogens is 202 g/mol. The van der Waals surface area contributed by atoms with Crippen molar-refractivity contribution < 1.29 is 20.1 Å². The number of aromatic nitrogens is 1. The molecule has 1 aromatic heterocycles. The average Bonchev–Trinajstić information content (AvgIpc) is 2.20. The highest BCUT2D eigenvalue weighted by molar-refractivity contribution is 5.86. The smallest absolute Gasteiger partial charge is 0.341 e. The van der Waals surface area contributed by atoms with Crippen LogP contribution in [0.15, 0.2) is 23.1 Å². The van der Waals surface area contributed by atoms with Gasteiger partial charge in [0.2, 0.25) is 0 Å². The molecule has 0 amide bonds. The van der Waals surface area contributed by atoms with Crippen molar-refractivity contribution in [3.63, 3.8) is 0 Å². The summed E-state index contributed by atoms with van der Waals surface area (Å²) in [4.78, 5) is 22.1. The number of pyridine rings is 1. The van der Waals surface area contributed by atoms with Gasteiger partial charge in [-0.05, 0) is 12.1 Å². The number of aliphatic hydroxyl groups is 2. The quantitative estimate of drug-likeness (QED) is 0.589. The molecule has 82 valence electrons. The maximum absolute atomic E-state index is 11.5. The minimum absolute atomic E-state index is 0.129. The van der Waals surface area contributed by atoms with Gasteiger partial charge in [0.15, 0.2) is 0 Å². The standard InChI is InChI=1S/C9H11NO5/c11-5-6(12)4-10-3-1-2-7(8(10)13)9(14)15/h1-3,6,11-12H,4-5H2,(H,14,15). The van der Waals surface area contributed by atoms with Crippen molar-refractivity contribution in [3.05, 3.63) is 34.2 Å². The van der Waals surface area contributed by atoms with Crippen molar-refractivity contribution in [2.24, 2.45) is 0 Å². The summed E-state index contributed by atoms with van der Waals surface area (Å²) in [5, 5.41) is 26.3. The molecule has 0 aliphatic heterocycles. The molecule has 6 nitrogen and oxygen atoms in total. The van der Waals surface area contributed by atoms with Gasteiger partial charge in [0.25, 0.3) is 5.56 Å². The zero-order chi connectivity index (χ0) is 11.4. The van der Waals surface area contributed by atoms with E-state index < -0.39 is 24.2 Å². The van der Waals surface area contributed by atoms with Crippen molar-refractivity contribution in [2.75, 3.05) is 6.61 Å². The van der Waals surface area contributed by atoms with Crippen molar-refractivity contribution in [2.45, 2.75) is 12.6 Å². The summed E-state index contributed by atoms with van der Waals surface area (Å²) in [6.07, 6.45) is 0.278. The largest absolute Gasteiger partial charge is 0.477 e. The molecule has 0 saturated carbocycles. The molecule has 3 N–H and O–H groups in total. The minimum Gasteiger partial charge on any atom is -0.477 e. The van der Waals surface area contributed by atoms with Crippen molar-refractivity contribution >= 4 is 5.97 Å². The number of carboxylic acid groups (broad SMARTS) is 1. The van der Waals surface area contributed by atoms with Crippen LogP contribution in [0.2, 0.25) is 0 Å². The second-order valence-corrected chi connectivity index (χ2v) is 3.02. The van der Waals surface area contributed by atoms with E-state index in [4.69, 9.17) is 15.3 Å². The third-order valence-corrected chi connectivity index (χ3v) is 1.87. The lowest BCUT2D eigenvalue weighted by Gasteiger charge is -2.09. The highest BCUT2D eigenvalue weighted by atomic mass is 16.4. The van der Waals surface area contributed by atoms with E-state index in [-0.39, 0.29) is 12.1 Å². The van der Waals surface area contributed by atoms with E-state index in [2.05, 4.69) is 0 Å². The van der Waals surface area contributed by atoms with Crippen LogP contribution >= 0.6 is 0 Å². The van der Waals surface area contributed by atoms with Gasteiger partial charge in [0.05, 0.1) is 19.3 Å². The molecule has 1 atom stereocenters. The van der Waals surface area contributed by atoms with Crippen molar-refractivity contribution in [1.82, 2.24) is 4.57 Å². The Morgan fingerprint density at radius 3 is 2.73 bits per heavy atom. The summed E-state index contributed by atoms with van der Waals surface area (Å²) in [5.74, 6) is -1.31. The number of rotatable bonds is 4. The second kappa shape index (κ2) is 4.72. The van der Waals surface area contributed by atoms with Gasteiger partial charge in [-0.3, -0.25) is 4.79 Å². The van der Waals surface area contributed by atoms with Crippen LogP contribution < -0.4 is 5.56 Å². The number of nitrogens with zero attached hydrogens (tertiary/aromatic N) is 1. The summed E-state index contributed by atoms with van der Waals surface area (Å²) in [6, 6.07) is 2.58. The van der Waals surface area contributed by atoms with Crippen LogP contribution in [0, 0.1) is 0 Å². The Balaban J connectivity index is 3.05. The topological polar surface area (TPSA) is 99.8 Å². The lowest BCUT2D eigenvalue weighted by Crippen LogP contribution is -2.31. The molecule has 0 aliphatic carbocycles. The summed E-state index contributed by atoms with van der Waals surface area (Å²) < 4.78 is 1.05. The first-order chi connectivity index (χ1) is 7.06. The Hall–Kier alpha value is -1.66. The Labute approximate surface area is 85.0 Å². The third-order valence-electron chi connectivity index (χ3n) is 1.87. The molecule has 6 heteroatoms. The molecule has 0 fully saturated rings. The zero-order valence-corrected chi connectivity index (χ0v) is 7.83. The van der Waals surface area contributed by atoms with Crippen LogP contribution in [0.25, 0.3) is 0 Å². The lowest BCUT2D eigenvalue weighted by atomic mass is 10.2. The molecule has 1 heterocycles. The Bertz CT molecular complexity index is 411. The summed E-state index contributed by atoms with van der Waals surface area (Å²) in [5.41, 5.74) is -1.06. The van der Waals surface area contributed by atoms with E-state index in [1.165, 1.54) is 18.3 Å². The highest BCUT2D eigenvalue weighted by Crippen LogP contribution is 1.94. The monoisotopic (exact) mass is 213 g/mol. The van der Waals surface area contributed by atoms with Crippen molar-refractivity contribution in [1.29, 1.82) is 0 Å². The molecule has 0 aliphatic rings. The fourth-order valence-corrected chi connectivity index (χ4v) is 1.13. The fraction of sp³-hybridized carbons (Fsp3) is 0.333. The van der Waals surface area contributed by atoms with Crippen LogP contribution in [0.5, 0.6) is 0 Å². The van der Waals surface area contributed by atoms with Crippen LogP contribution in [0.1, 0.15) is 10.4 Å². The van der Waals surface area contributed by atoms with E-state index in [1.807, 2.05) is 0 Å². The van der Waals surface area contributed by atoms with Gasteiger partial charge in [-0.2, -0.15) is 0 Å². The number of aromatic carboxylic acids is 1. The van der Waals surface area contributed by atoms with Gasteiger partial charge in [-0.25, -0.2) is 4.79 Å². The first-order valence-corrected chi connectivity index (χ1v) is 4.28. The molecule has 1 aromatic rings. The molecule has 1 unspecified atom stereocenters. The first kappa shape index (κ1) is 11.4. The summed E-state index contributed by atoms with van der Waals surface area (Å²) in [7, 11) is 0. The van der Waals surface area contributed by atoms with E-state index >= 15 is 0 Å². The maximum Gasteiger partial charge on any atom is 0.341 e. The predicted molar refractivity (Wildman–Crippen MR) is 50.8 cm³/mol. The lowest BCUT2D eigenvalue weighted by molar-refractivity contribution is 0.0688. The van der Waals surface area contributed by atoms with Gasteiger partial charge < -0.3 is 19.9 Å². The maximum atomic E-state index is 11.5. The number of hydrogen-bond donors (Lipinski definition) is 3. The van der Waals surface area contributed by atoms with Crippen LogP contribution in [-0.2, 0) is 6.54 Å². The van der Waals surface area contributed by atoms with Crippen LogP contribution in [0.4, 0.5) is 0 Å². The highest BCUT2D eigenvalue weighted by Gasteiger charge is 2.11. The van der Waals surface area contributed by atoms with E-state index in [1.54, 1.807) is 0 Å². The average molecular weight is 213 g/mol. The van der Waals surface area contributed by atoms with E-state index in [0.717, 1.165) is 4.57 Å². The van der Waals surface area contributed by atoms with Gasteiger partial charge in [-0.15, -0.1) is 0 Å². The minimum atomic E-state index is -1.31. The summed E-state index contributed by atoms with van der Waals surface area (Å²) in [6.45, 7) is -0.611. The van der Waals surface area contributed by atoms with Gasteiger partial charge in [0, 0.05) is 6.20 Å². The molecule has 0 bridgehead atoms. The van der Waals surface area contributed by atoms with Gasteiger partial charge in [0.1, 0.15) is 5.56 Å². The molecular formula is C9H11NO5. The fourth-order valence-electron chi connectivity index (χ4n) is 1.13. The van der Waals surface area contributed by atoms with E-state index in [0.29, 0.717) is 0 Å². The number of hydrogen-bond acceptors (Lipinski definition) is 4. The summed E-state index contributed by atoms with van der Waals surface area (Å²) >= 11 is 0. The van der Waals surface area contributed by atoms with Crippen LogP contribution in [0.3, 0.4) is 0 Å². The normalized spacial score (nSPS) is 12.4. The van der Waals surface area contributed by atoms with Gasteiger partial charge in [-0.1, -0.05) is 0 Å². The molecule has 0 aromatic carbocycles. The predicted octanol–water partition coefficient (Wildman–Crippen LogP) is -1.10. The van der Waals surface area contributed by atoms with E-state index in [9.17, 15) is 9.59 Å². The van der Waals surface area contributed by atoms with Gasteiger partial charge >= 0.3 is 5.97 Å². The Morgan fingerprint density at radius 1 is 1.53 bits per heavy atom. The van der Waals surface area contributed by atoms with Crippen molar-refractivity contribution in [3.8, 4) is 0 Å². The SMILES string of the molecule is O=C(O)c1cccn(CC(O)CO)c1=O. The van der Waals surface area contributed by atoms with Crippen LogP contribution in [-0.4, -0.2) is 38.6 Å². The number of carbonyl (C=O) groups is 1. The molecule has 1 rings (SSSR count). The first-order valence-electron chi connectivity index (χ1n) is 4.28. The molecule has 0 saturated heterocycles. The molecule has 0 spiro atoms. The molecule has 15 heavy (non-hydrogen) atoms. The Morgan fingerprint density at radius 2 is 2.20 bits per heavy atom. The zero-order valence-electron chi connectivity index (χ0n) is 7.83. The number of carboxylic acids is 1. The second-order valence-electron chi connectivity index (χ2n) is 3.02. The Kier molecular flexibility index (Phi) is 3.59.